The summed E-state index contributed by atoms with van der Waals surface area (Å²) in [6, 6.07) is 6.71. The fourth-order valence-electron chi connectivity index (χ4n) is 1.74. The van der Waals surface area contributed by atoms with Crippen LogP contribution in [-0.4, -0.2) is 35.8 Å². The van der Waals surface area contributed by atoms with E-state index in [9.17, 15) is 14.4 Å². The van der Waals surface area contributed by atoms with Crippen molar-refractivity contribution in [3.05, 3.63) is 24.3 Å². The third kappa shape index (κ3) is 9.51. The molecule has 0 saturated heterocycles. The van der Waals surface area contributed by atoms with Crippen molar-refractivity contribution in [1.29, 1.82) is 0 Å². The van der Waals surface area contributed by atoms with E-state index in [1.54, 1.807) is 65.8 Å². The summed E-state index contributed by atoms with van der Waals surface area (Å²) in [6.07, 6.45) is -1.34. The molecule has 0 saturated carbocycles. The Morgan fingerprint density at radius 2 is 1.27 bits per heavy atom. The van der Waals surface area contributed by atoms with Gasteiger partial charge in [-0.15, -0.1) is 0 Å². The number of anilines is 2. The minimum absolute atomic E-state index is 0.0991. The highest BCUT2D eigenvalue weighted by Gasteiger charge is 2.18. The molecule has 0 atom stereocenters. The molecule has 0 heterocycles. The van der Waals surface area contributed by atoms with Crippen LogP contribution in [-0.2, 0) is 14.3 Å². The predicted molar refractivity (Wildman–Crippen MR) is 99.2 cm³/mol. The van der Waals surface area contributed by atoms with Crippen molar-refractivity contribution in [3.63, 3.8) is 0 Å². The first kappa shape index (κ1) is 21.3. The highest BCUT2D eigenvalue weighted by Crippen LogP contribution is 2.15. The molecule has 1 aromatic carbocycles. The Kier molecular flexibility index (Phi) is 7.00. The molecule has 0 aromatic heterocycles. The van der Waals surface area contributed by atoms with E-state index in [0.29, 0.717) is 11.4 Å². The Morgan fingerprint density at radius 3 is 1.77 bits per heavy atom. The summed E-state index contributed by atoms with van der Waals surface area (Å²) in [5.41, 5.74) is -0.0379. The van der Waals surface area contributed by atoms with E-state index in [2.05, 4.69) is 16.0 Å². The van der Waals surface area contributed by atoms with E-state index in [1.807, 2.05) is 0 Å². The third-order valence-corrected chi connectivity index (χ3v) is 2.62. The average molecular weight is 365 g/mol. The highest BCUT2D eigenvalue weighted by molar-refractivity contribution is 5.94. The molecule has 0 fully saturated rings. The summed E-state index contributed by atoms with van der Waals surface area (Å²) in [4.78, 5) is 34.9. The van der Waals surface area contributed by atoms with Gasteiger partial charge in [0.25, 0.3) is 0 Å². The lowest BCUT2D eigenvalue weighted by Gasteiger charge is -2.19. The molecule has 1 rings (SSSR count). The minimum Gasteiger partial charge on any atom is -0.444 e. The quantitative estimate of drug-likeness (QED) is 0.754. The Hall–Kier alpha value is -2.77. The molecular weight excluding hydrogens is 338 g/mol. The largest absolute Gasteiger partial charge is 0.444 e. The normalized spacial score (nSPS) is 11.3. The second-order valence-electron chi connectivity index (χ2n) is 7.61. The molecule has 0 aliphatic rings. The van der Waals surface area contributed by atoms with Crippen LogP contribution < -0.4 is 16.0 Å². The van der Waals surface area contributed by atoms with Crippen molar-refractivity contribution >= 4 is 29.5 Å². The van der Waals surface area contributed by atoms with Crippen LogP contribution in [0.5, 0.6) is 0 Å². The Morgan fingerprint density at radius 1 is 0.808 bits per heavy atom. The maximum absolute atomic E-state index is 11.7. The Balaban J connectivity index is 2.44. The first-order chi connectivity index (χ1) is 11.8. The number of nitrogens with one attached hydrogen (secondary N) is 3. The number of hydrogen-bond donors (Lipinski definition) is 3. The average Bonchev–Trinajstić information content (AvgIpc) is 2.42. The number of hydrogen-bond acceptors (Lipinski definition) is 6. The van der Waals surface area contributed by atoms with Crippen LogP contribution in [0.1, 0.15) is 41.5 Å². The van der Waals surface area contributed by atoms with Crippen molar-refractivity contribution in [3.8, 4) is 0 Å². The van der Waals surface area contributed by atoms with E-state index in [1.165, 1.54) is 0 Å². The zero-order chi connectivity index (χ0) is 20.0. The van der Waals surface area contributed by atoms with Crippen LogP contribution in [0, 0.1) is 0 Å². The molecule has 3 amide bonds. The molecular formula is C18H27N3O5. The van der Waals surface area contributed by atoms with Gasteiger partial charge in [0.2, 0.25) is 5.91 Å². The lowest BCUT2D eigenvalue weighted by Crippen LogP contribution is -2.39. The predicted octanol–water partition coefficient (Wildman–Crippen LogP) is 3.50. The second kappa shape index (κ2) is 8.55. The SMILES string of the molecule is CC(C)(C)OC(=O)NC(=O)CNc1ccc(NC(=O)OC(C)(C)C)cc1. The Labute approximate surface area is 153 Å². The zero-order valence-electron chi connectivity index (χ0n) is 16.1. The van der Waals surface area contributed by atoms with Crippen LogP contribution >= 0.6 is 0 Å². The fraction of sp³-hybridized carbons (Fsp3) is 0.500. The number of carbonyl (C=O) groups excluding carboxylic acids is 3. The minimum atomic E-state index is -0.791. The molecule has 0 spiro atoms. The summed E-state index contributed by atoms with van der Waals surface area (Å²) < 4.78 is 10.2. The van der Waals surface area contributed by atoms with E-state index < -0.39 is 29.3 Å². The van der Waals surface area contributed by atoms with Crippen LogP contribution in [0.4, 0.5) is 21.0 Å². The van der Waals surface area contributed by atoms with E-state index in [-0.39, 0.29) is 6.54 Å². The zero-order valence-corrected chi connectivity index (χ0v) is 16.1. The third-order valence-electron chi connectivity index (χ3n) is 2.62. The molecule has 3 N–H and O–H groups in total. The smallest absolute Gasteiger partial charge is 0.414 e. The maximum atomic E-state index is 11.7. The van der Waals surface area contributed by atoms with E-state index in [4.69, 9.17) is 9.47 Å². The van der Waals surface area contributed by atoms with Gasteiger partial charge in [-0.2, -0.15) is 0 Å². The summed E-state index contributed by atoms with van der Waals surface area (Å²) in [5, 5.41) is 7.61. The number of benzene rings is 1. The molecule has 0 bridgehead atoms. The first-order valence-corrected chi connectivity index (χ1v) is 8.21. The number of alkyl carbamates (subject to hydrolysis) is 1. The van der Waals surface area contributed by atoms with Gasteiger partial charge in [-0.25, -0.2) is 9.59 Å². The molecule has 1 aromatic rings. The van der Waals surface area contributed by atoms with Crippen molar-refractivity contribution in [2.75, 3.05) is 17.2 Å². The topological polar surface area (TPSA) is 106 Å². The van der Waals surface area contributed by atoms with E-state index >= 15 is 0 Å². The molecule has 0 unspecified atom stereocenters. The number of imide groups is 1. The molecule has 8 nitrogen and oxygen atoms in total. The van der Waals surface area contributed by atoms with Gasteiger partial charge in [0, 0.05) is 11.4 Å². The fourth-order valence-corrected chi connectivity index (χ4v) is 1.74. The van der Waals surface area contributed by atoms with Gasteiger partial charge >= 0.3 is 12.2 Å². The standard InChI is InChI=1S/C18H27N3O5/c1-17(2,3)25-15(23)20-13-9-7-12(8-10-13)19-11-14(22)21-16(24)26-18(4,5)6/h7-10,19H,11H2,1-6H3,(H,20,23)(H,21,22,24). The first-order valence-electron chi connectivity index (χ1n) is 8.21. The number of rotatable bonds is 4. The number of amides is 3. The van der Waals surface area contributed by atoms with E-state index in [0.717, 1.165) is 0 Å². The summed E-state index contributed by atoms with van der Waals surface area (Å²) in [6.45, 7) is 10.4. The van der Waals surface area contributed by atoms with Gasteiger partial charge in [0.15, 0.2) is 0 Å². The highest BCUT2D eigenvalue weighted by atomic mass is 16.6. The molecule has 0 aliphatic heterocycles. The van der Waals surface area contributed by atoms with Gasteiger partial charge in [-0.3, -0.25) is 15.4 Å². The van der Waals surface area contributed by atoms with Crippen molar-refractivity contribution in [2.24, 2.45) is 0 Å². The molecule has 8 heteroatoms. The molecule has 26 heavy (non-hydrogen) atoms. The summed E-state index contributed by atoms with van der Waals surface area (Å²) in [5.74, 6) is -0.518. The lowest BCUT2D eigenvalue weighted by molar-refractivity contribution is -0.119. The van der Waals surface area contributed by atoms with Crippen molar-refractivity contribution < 1.29 is 23.9 Å². The summed E-state index contributed by atoms with van der Waals surface area (Å²) in [7, 11) is 0. The molecule has 144 valence electrons. The van der Waals surface area contributed by atoms with Gasteiger partial charge in [-0.1, -0.05) is 0 Å². The molecule has 0 radical (unpaired) electrons. The maximum Gasteiger partial charge on any atom is 0.414 e. The van der Waals surface area contributed by atoms with Crippen LogP contribution in [0.2, 0.25) is 0 Å². The van der Waals surface area contributed by atoms with Crippen molar-refractivity contribution in [1.82, 2.24) is 5.32 Å². The van der Waals surface area contributed by atoms with Gasteiger partial charge in [0.05, 0.1) is 6.54 Å². The van der Waals surface area contributed by atoms with Gasteiger partial charge in [-0.05, 0) is 65.8 Å². The van der Waals surface area contributed by atoms with Gasteiger partial charge in [0.1, 0.15) is 11.2 Å². The monoisotopic (exact) mass is 365 g/mol. The second-order valence-corrected chi connectivity index (χ2v) is 7.61. The number of carbonyl (C=O) groups is 3. The molecule has 0 aliphatic carbocycles. The van der Waals surface area contributed by atoms with Crippen LogP contribution in [0.25, 0.3) is 0 Å². The van der Waals surface area contributed by atoms with Crippen LogP contribution in [0.3, 0.4) is 0 Å². The number of ether oxygens (including phenoxy) is 2. The van der Waals surface area contributed by atoms with Crippen molar-refractivity contribution in [2.45, 2.75) is 52.7 Å². The summed E-state index contributed by atoms with van der Waals surface area (Å²) >= 11 is 0. The van der Waals surface area contributed by atoms with Crippen LogP contribution in [0.15, 0.2) is 24.3 Å². The lowest BCUT2D eigenvalue weighted by atomic mass is 10.2. The Bertz CT molecular complexity index is 642. The van der Waals surface area contributed by atoms with Gasteiger partial charge < -0.3 is 14.8 Å².